The molecular weight excluding hydrogens is 476 g/mol. The number of amides is 1. The van der Waals surface area contributed by atoms with E-state index in [0.29, 0.717) is 22.8 Å². The van der Waals surface area contributed by atoms with Crippen molar-refractivity contribution in [2.75, 3.05) is 7.11 Å². The van der Waals surface area contributed by atoms with E-state index in [-0.39, 0.29) is 5.91 Å². The summed E-state index contributed by atoms with van der Waals surface area (Å²) in [6.45, 7) is 1.64. The molecule has 0 aliphatic carbocycles. The number of methoxy groups -OCH3 is 1. The largest absolute Gasteiger partial charge is 0.497 e. The van der Waals surface area contributed by atoms with Gasteiger partial charge >= 0.3 is 5.97 Å². The van der Waals surface area contributed by atoms with Crippen molar-refractivity contribution < 1.29 is 23.8 Å². The minimum absolute atomic E-state index is 0.380. The van der Waals surface area contributed by atoms with E-state index in [2.05, 4.69) is 26.5 Å². The molecule has 1 amide bonds. The second kappa shape index (κ2) is 11.1. The molecule has 0 aliphatic rings. The third-order valence-corrected chi connectivity index (χ3v) is 4.83. The van der Waals surface area contributed by atoms with Gasteiger partial charge in [0, 0.05) is 4.47 Å². The van der Waals surface area contributed by atoms with Gasteiger partial charge in [-0.1, -0.05) is 15.9 Å². The molecule has 0 fully saturated rings. The zero-order valence-electron chi connectivity index (χ0n) is 17.4. The van der Waals surface area contributed by atoms with Crippen LogP contribution in [0, 0.1) is 0 Å². The van der Waals surface area contributed by atoms with Crippen molar-refractivity contribution in [3.63, 3.8) is 0 Å². The molecular formula is C24H21BrN2O5. The lowest BCUT2D eigenvalue weighted by molar-refractivity contribution is -0.127. The number of nitrogens with zero attached hydrogens (tertiary/aromatic N) is 1. The molecule has 3 aromatic rings. The number of rotatable bonds is 8. The highest BCUT2D eigenvalue weighted by Gasteiger charge is 2.14. The Morgan fingerprint density at radius 1 is 0.906 bits per heavy atom. The maximum absolute atomic E-state index is 12.2. The first-order valence-corrected chi connectivity index (χ1v) is 10.5. The lowest BCUT2D eigenvalue weighted by atomic mass is 10.2. The predicted octanol–water partition coefficient (Wildman–Crippen LogP) is 4.59. The molecule has 164 valence electrons. The molecule has 1 N–H and O–H groups in total. The number of ether oxygens (including phenoxy) is 3. The Bertz CT molecular complexity index is 1080. The van der Waals surface area contributed by atoms with Crippen molar-refractivity contribution in [2.24, 2.45) is 5.10 Å². The third kappa shape index (κ3) is 6.68. The summed E-state index contributed by atoms with van der Waals surface area (Å²) in [7, 11) is 1.56. The number of hydrazone groups is 1. The molecule has 7 nitrogen and oxygen atoms in total. The molecule has 0 heterocycles. The molecule has 3 rings (SSSR count). The van der Waals surface area contributed by atoms with E-state index in [9.17, 15) is 9.59 Å². The van der Waals surface area contributed by atoms with Crippen LogP contribution in [0.2, 0.25) is 0 Å². The van der Waals surface area contributed by atoms with Gasteiger partial charge in [-0.25, -0.2) is 10.2 Å². The Hall–Kier alpha value is -3.65. The molecule has 1 atom stereocenters. The molecule has 0 saturated heterocycles. The number of hydrogen-bond acceptors (Lipinski definition) is 6. The standard InChI is InChI=1S/C24H21BrN2O5/c1-16(31-21-13-7-19(25)8-14-21)23(28)27-26-15-17-3-9-22(10-4-17)32-24(29)18-5-11-20(30-2)12-6-18/h3-16H,1-2H3,(H,27,28)/b26-15-/t16-/m0/s1. The second-order valence-corrected chi connectivity index (χ2v) is 7.55. The van der Waals surface area contributed by atoms with Crippen LogP contribution < -0.4 is 19.6 Å². The first-order chi connectivity index (χ1) is 15.4. The molecule has 0 spiro atoms. The minimum atomic E-state index is -0.715. The van der Waals surface area contributed by atoms with Gasteiger partial charge in [-0.05, 0) is 85.3 Å². The summed E-state index contributed by atoms with van der Waals surface area (Å²) in [5.41, 5.74) is 3.57. The molecule has 8 heteroatoms. The van der Waals surface area contributed by atoms with E-state index in [1.807, 2.05) is 12.1 Å². The summed E-state index contributed by atoms with van der Waals surface area (Å²) in [5.74, 6) is 0.782. The summed E-state index contributed by atoms with van der Waals surface area (Å²) in [6, 6.07) is 20.5. The van der Waals surface area contributed by atoms with Crippen LogP contribution in [0.3, 0.4) is 0 Å². The lowest BCUT2D eigenvalue weighted by Gasteiger charge is -2.12. The SMILES string of the molecule is COc1ccc(C(=O)Oc2ccc(/C=N\NC(=O)[C@H](C)Oc3ccc(Br)cc3)cc2)cc1. The van der Waals surface area contributed by atoms with Crippen LogP contribution in [0.15, 0.2) is 82.4 Å². The van der Waals surface area contributed by atoms with Crippen molar-refractivity contribution in [3.05, 3.63) is 88.4 Å². The van der Waals surface area contributed by atoms with E-state index in [1.54, 1.807) is 74.7 Å². The summed E-state index contributed by atoms with van der Waals surface area (Å²) in [5, 5.41) is 3.94. The first-order valence-electron chi connectivity index (χ1n) is 9.66. The second-order valence-electron chi connectivity index (χ2n) is 6.64. The average Bonchev–Trinajstić information content (AvgIpc) is 2.81. The minimum Gasteiger partial charge on any atom is -0.497 e. The van der Waals surface area contributed by atoms with Gasteiger partial charge in [0.15, 0.2) is 6.10 Å². The first kappa shape index (κ1) is 23.0. The number of hydrogen-bond donors (Lipinski definition) is 1. The number of benzene rings is 3. The van der Waals surface area contributed by atoms with Crippen LogP contribution in [0.25, 0.3) is 0 Å². The van der Waals surface area contributed by atoms with E-state index in [1.165, 1.54) is 6.21 Å². The van der Waals surface area contributed by atoms with E-state index < -0.39 is 12.1 Å². The Morgan fingerprint density at radius 2 is 1.50 bits per heavy atom. The summed E-state index contributed by atoms with van der Waals surface area (Å²) < 4.78 is 16.9. The highest BCUT2D eigenvalue weighted by Crippen LogP contribution is 2.18. The molecule has 32 heavy (non-hydrogen) atoms. The van der Waals surface area contributed by atoms with Gasteiger partial charge < -0.3 is 14.2 Å². The fourth-order valence-corrected chi connectivity index (χ4v) is 2.81. The highest BCUT2D eigenvalue weighted by molar-refractivity contribution is 9.10. The Balaban J connectivity index is 1.49. The van der Waals surface area contributed by atoms with Gasteiger partial charge in [0.2, 0.25) is 0 Å². The van der Waals surface area contributed by atoms with Gasteiger partial charge in [-0.3, -0.25) is 4.79 Å². The van der Waals surface area contributed by atoms with Crippen molar-refractivity contribution in [2.45, 2.75) is 13.0 Å². The number of halogens is 1. The van der Waals surface area contributed by atoms with Crippen LogP contribution in [0.4, 0.5) is 0 Å². The topological polar surface area (TPSA) is 86.2 Å². The number of esters is 1. The number of nitrogens with one attached hydrogen (secondary N) is 1. The van der Waals surface area contributed by atoms with E-state index >= 15 is 0 Å². The van der Waals surface area contributed by atoms with E-state index in [0.717, 1.165) is 10.0 Å². The zero-order valence-corrected chi connectivity index (χ0v) is 19.0. The van der Waals surface area contributed by atoms with Gasteiger partial charge in [0.25, 0.3) is 5.91 Å². The van der Waals surface area contributed by atoms with Crippen LogP contribution >= 0.6 is 15.9 Å². The smallest absolute Gasteiger partial charge is 0.343 e. The van der Waals surface area contributed by atoms with Crippen molar-refractivity contribution >= 4 is 34.0 Å². The van der Waals surface area contributed by atoms with Crippen LogP contribution in [-0.4, -0.2) is 31.3 Å². The van der Waals surface area contributed by atoms with Crippen LogP contribution in [0.5, 0.6) is 17.2 Å². The van der Waals surface area contributed by atoms with Crippen molar-refractivity contribution in [1.29, 1.82) is 0 Å². The van der Waals surface area contributed by atoms with Crippen molar-refractivity contribution in [1.82, 2.24) is 5.43 Å². The highest BCUT2D eigenvalue weighted by atomic mass is 79.9. The van der Waals surface area contributed by atoms with Gasteiger partial charge in [0.1, 0.15) is 17.2 Å². The van der Waals surface area contributed by atoms with Gasteiger partial charge in [-0.15, -0.1) is 0 Å². The fourth-order valence-electron chi connectivity index (χ4n) is 2.55. The van der Waals surface area contributed by atoms with Crippen LogP contribution in [0.1, 0.15) is 22.8 Å². The van der Waals surface area contributed by atoms with E-state index in [4.69, 9.17) is 14.2 Å². The molecule has 0 bridgehead atoms. The van der Waals surface area contributed by atoms with Crippen LogP contribution in [-0.2, 0) is 4.79 Å². The quantitative estimate of drug-likeness (QED) is 0.213. The Morgan fingerprint density at radius 3 is 2.12 bits per heavy atom. The summed E-state index contributed by atoms with van der Waals surface area (Å²) >= 11 is 3.35. The summed E-state index contributed by atoms with van der Waals surface area (Å²) in [4.78, 5) is 24.3. The Kier molecular flexibility index (Phi) is 7.99. The monoisotopic (exact) mass is 496 g/mol. The average molecular weight is 497 g/mol. The van der Waals surface area contributed by atoms with Gasteiger partial charge in [-0.2, -0.15) is 5.10 Å². The fraction of sp³-hybridized carbons (Fsp3) is 0.125. The third-order valence-electron chi connectivity index (χ3n) is 4.30. The van der Waals surface area contributed by atoms with Gasteiger partial charge in [0.05, 0.1) is 18.9 Å². The molecule has 0 aliphatic heterocycles. The summed E-state index contributed by atoms with van der Waals surface area (Å²) in [6.07, 6.45) is 0.771. The molecule has 0 unspecified atom stereocenters. The normalized spacial score (nSPS) is 11.6. The molecule has 0 aromatic heterocycles. The number of carbonyl (C=O) groups is 2. The Labute approximate surface area is 194 Å². The van der Waals surface area contributed by atoms with Crippen molar-refractivity contribution in [3.8, 4) is 17.2 Å². The zero-order chi connectivity index (χ0) is 22.9. The lowest BCUT2D eigenvalue weighted by Crippen LogP contribution is -2.33. The maximum atomic E-state index is 12.2. The number of carbonyl (C=O) groups excluding carboxylic acids is 2. The molecule has 0 radical (unpaired) electrons. The maximum Gasteiger partial charge on any atom is 0.343 e. The molecule has 3 aromatic carbocycles. The predicted molar refractivity (Wildman–Crippen MR) is 124 cm³/mol. The molecule has 0 saturated carbocycles.